The zero-order valence-corrected chi connectivity index (χ0v) is 18.3. The number of carbonyl (C=O) groups is 1. The van der Waals surface area contributed by atoms with E-state index in [1.165, 1.54) is 6.07 Å². The van der Waals surface area contributed by atoms with E-state index in [2.05, 4.69) is 5.43 Å². The third kappa shape index (κ3) is 4.35. The van der Waals surface area contributed by atoms with Crippen molar-refractivity contribution in [1.29, 1.82) is 0 Å². The van der Waals surface area contributed by atoms with Crippen LogP contribution in [0, 0.1) is 37.8 Å². The third-order valence-corrected chi connectivity index (χ3v) is 6.47. The van der Waals surface area contributed by atoms with Gasteiger partial charge in [0.05, 0.1) is 15.4 Å². The molecule has 1 aromatic heterocycles. The number of carbonyl (C=O) groups excluding carboxylic acids is 1. The summed E-state index contributed by atoms with van der Waals surface area (Å²) in [6.45, 7) is 6.73. The van der Waals surface area contributed by atoms with Crippen LogP contribution >= 0.6 is 0 Å². The summed E-state index contributed by atoms with van der Waals surface area (Å²) in [7, 11) is -4.23. The Morgan fingerprint density at radius 2 is 1.68 bits per heavy atom. The third-order valence-electron chi connectivity index (χ3n) is 5.09. The van der Waals surface area contributed by atoms with Gasteiger partial charge in [-0.25, -0.2) is 8.42 Å². The van der Waals surface area contributed by atoms with E-state index in [1.54, 1.807) is 26.8 Å². The Bertz CT molecular complexity index is 1280. The predicted molar refractivity (Wildman–Crippen MR) is 116 cm³/mol. The van der Waals surface area contributed by atoms with Crippen LogP contribution in [0.25, 0.3) is 5.69 Å². The molecule has 0 bridgehead atoms. The summed E-state index contributed by atoms with van der Waals surface area (Å²) in [5, 5.41) is 11.1. The van der Waals surface area contributed by atoms with Crippen LogP contribution in [0.15, 0.2) is 53.4 Å². The van der Waals surface area contributed by atoms with Crippen molar-refractivity contribution in [2.24, 2.45) is 0 Å². The summed E-state index contributed by atoms with van der Waals surface area (Å²) in [5.41, 5.74) is 5.29. The molecule has 9 nitrogen and oxygen atoms in total. The SMILES string of the molecule is Cc1cc([N+](=O)[O-])cc(S(=O)(=O)NNC(=O)c2cc(C)n(-c3ccccc3)c2C)c1C. The van der Waals surface area contributed by atoms with Gasteiger partial charge >= 0.3 is 0 Å². The fourth-order valence-corrected chi connectivity index (χ4v) is 4.57. The Hall–Kier alpha value is -3.50. The number of amides is 1. The largest absolute Gasteiger partial charge is 0.318 e. The molecule has 0 unspecified atom stereocenters. The molecule has 0 fully saturated rings. The van der Waals surface area contributed by atoms with E-state index in [4.69, 9.17) is 0 Å². The van der Waals surface area contributed by atoms with Gasteiger partial charge < -0.3 is 4.57 Å². The summed E-state index contributed by atoms with van der Waals surface area (Å²) in [6.07, 6.45) is 0. The summed E-state index contributed by atoms with van der Waals surface area (Å²) in [5.74, 6) is -0.640. The maximum Gasteiger partial charge on any atom is 0.271 e. The highest BCUT2D eigenvalue weighted by molar-refractivity contribution is 7.89. The number of benzene rings is 2. The summed E-state index contributed by atoms with van der Waals surface area (Å²) >= 11 is 0. The highest BCUT2D eigenvalue weighted by atomic mass is 32.2. The highest BCUT2D eigenvalue weighted by Gasteiger charge is 2.24. The molecule has 0 spiro atoms. The summed E-state index contributed by atoms with van der Waals surface area (Å²) < 4.78 is 27.4. The average Bonchev–Trinajstić information content (AvgIpc) is 3.02. The van der Waals surface area contributed by atoms with E-state index in [1.807, 2.05) is 46.7 Å². The molecule has 162 valence electrons. The number of aryl methyl sites for hydroxylation is 2. The van der Waals surface area contributed by atoms with Gasteiger partial charge in [-0.05, 0) is 57.0 Å². The molecule has 0 radical (unpaired) electrons. The normalized spacial score (nSPS) is 11.4. The van der Waals surface area contributed by atoms with Crippen molar-refractivity contribution in [3.63, 3.8) is 0 Å². The second-order valence-electron chi connectivity index (χ2n) is 7.16. The first-order chi connectivity index (χ1) is 14.5. The number of para-hydroxylation sites is 1. The maximum absolute atomic E-state index is 12.7. The van der Waals surface area contributed by atoms with Crippen LogP contribution < -0.4 is 10.3 Å². The minimum Gasteiger partial charge on any atom is -0.318 e. The average molecular weight is 442 g/mol. The molecule has 0 saturated heterocycles. The van der Waals surface area contributed by atoms with E-state index >= 15 is 0 Å². The summed E-state index contributed by atoms with van der Waals surface area (Å²) in [4.78, 5) is 24.9. The number of nitro benzene ring substituents is 1. The zero-order valence-electron chi connectivity index (χ0n) is 17.5. The molecule has 3 aromatic rings. The van der Waals surface area contributed by atoms with Gasteiger partial charge in [0.15, 0.2) is 0 Å². The van der Waals surface area contributed by atoms with Gasteiger partial charge in [0.2, 0.25) is 0 Å². The van der Waals surface area contributed by atoms with Crippen LogP contribution in [-0.4, -0.2) is 23.8 Å². The van der Waals surface area contributed by atoms with Gasteiger partial charge in [0, 0.05) is 29.2 Å². The van der Waals surface area contributed by atoms with Gasteiger partial charge in [0.1, 0.15) is 0 Å². The number of sulfonamides is 1. The fraction of sp³-hybridized carbons (Fsp3) is 0.190. The molecule has 1 amide bonds. The van der Waals surface area contributed by atoms with Gasteiger partial charge in [0.25, 0.3) is 21.6 Å². The number of nitrogens with zero attached hydrogens (tertiary/aromatic N) is 2. The first-order valence-corrected chi connectivity index (χ1v) is 10.8. The van der Waals surface area contributed by atoms with Crippen molar-refractivity contribution in [2.75, 3.05) is 0 Å². The lowest BCUT2D eigenvalue weighted by molar-refractivity contribution is -0.385. The Balaban J connectivity index is 1.87. The van der Waals surface area contributed by atoms with Gasteiger partial charge in [-0.1, -0.05) is 18.2 Å². The van der Waals surface area contributed by atoms with Crippen molar-refractivity contribution in [2.45, 2.75) is 32.6 Å². The van der Waals surface area contributed by atoms with E-state index < -0.39 is 20.9 Å². The molecule has 0 aliphatic rings. The lowest BCUT2D eigenvalue weighted by Gasteiger charge is -2.12. The van der Waals surface area contributed by atoms with Gasteiger partial charge in [-0.2, -0.15) is 0 Å². The molecular formula is C21H22N4O5S. The molecule has 0 aliphatic carbocycles. The first kappa shape index (κ1) is 22.2. The molecule has 10 heteroatoms. The zero-order chi connectivity index (χ0) is 22.9. The van der Waals surface area contributed by atoms with Crippen LogP contribution in [0.5, 0.6) is 0 Å². The molecule has 31 heavy (non-hydrogen) atoms. The number of nitro groups is 1. The topological polar surface area (TPSA) is 123 Å². The Kier molecular flexibility index (Phi) is 5.96. The minimum absolute atomic E-state index is 0.269. The smallest absolute Gasteiger partial charge is 0.271 e. The Morgan fingerprint density at radius 3 is 2.29 bits per heavy atom. The van der Waals surface area contributed by atoms with Gasteiger partial charge in [-0.15, -0.1) is 4.83 Å². The lowest BCUT2D eigenvalue weighted by Crippen LogP contribution is -2.42. The van der Waals surface area contributed by atoms with Crippen molar-refractivity contribution >= 4 is 21.6 Å². The molecule has 0 atom stereocenters. The van der Waals surface area contributed by atoms with Crippen molar-refractivity contribution in [1.82, 2.24) is 14.8 Å². The maximum atomic E-state index is 12.7. The number of aromatic nitrogens is 1. The summed E-state index contributed by atoms with van der Waals surface area (Å²) in [6, 6.07) is 13.4. The second-order valence-corrected chi connectivity index (χ2v) is 8.81. The second kappa shape index (κ2) is 8.32. The van der Waals surface area contributed by atoms with Crippen LogP contribution in [0.3, 0.4) is 0 Å². The molecule has 2 aromatic carbocycles. The highest BCUT2D eigenvalue weighted by Crippen LogP contribution is 2.25. The van der Waals surface area contributed by atoms with E-state index in [-0.39, 0.29) is 10.6 Å². The fourth-order valence-electron chi connectivity index (χ4n) is 3.40. The van der Waals surface area contributed by atoms with Crippen LogP contribution in [0.2, 0.25) is 0 Å². The monoisotopic (exact) mass is 442 g/mol. The van der Waals surface area contributed by atoms with Crippen LogP contribution in [0.4, 0.5) is 5.69 Å². The number of hydrogen-bond donors (Lipinski definition) is 2. The molecule has 0 saturated carbocycles. The van der Waals surface area contributed by atoms with Gasteiger partial charge in [-0.3, -0.25) is 20.3 Å². The standard InChI is InChI=1S/C21H22N4O5S/c1-13-10-18(25(27)28)12-20(15(13)3)31(29,30)23-22-21(26)19-11-14(2)24(16(19)4)17-8-6-5-7-9-17/h5-12,23H,1-4H3,(H,22,26). The Labute approximate surface area is 179 Å². The quantitative estimate of drug-likeness (QED) is 0.448. The molecular weight excluding hydrogens is 420 g/mol. The number of hydrogen-bond acceptors (Lipinski definition) is 5. The van der Waals surface area contributed by atoms with Crippen LogP contribution in [-0.2, 0) is 10.0 Å². The molecule has 3 rings (SSSR count). The van der Waals surface area contributed by atoms with E-state index in [0.717, 1.165) is 17.4 Å². The number of rotatable bonds is 6. The number of nitrogens with one attached hydrogen (secondary N) is 2. The predicted octanol–water partition coefficient (Wildman–Crippen LogP) is 3.24. The number of hydrazine groups is 1. The van der Waals surface area contributed by atoms with Crippen molar-refractivity contribution < 1.29 is 18.1 Å². The Morgan fingerprint density at radius 1 is 1.03 bits per heavy atom. The van der Waals surface area contributed by atoms with Crippen LogP contribution in [0.1, 0.15) is 32.9 Å². The molecule has 1 heterocycles. The molecule has 2 N–H and O–H groups in total. The van der Waals surface area contributed by atoms with E-state index in [9.17, 15) is 23.3 Å². The lowest BCUT2D eigenvalue weighted by atomic mass is 10.1. The number of non-ortho nitro benzene ring substituents is 1. The first-order valence-electron chi connectivity index (χ1n) is 9.35. The van der Waals surface area contributed by atoms with Crippen molar-refractivity contribution in [3.8, 4) is 5.69 Å². The minimum atomic E-state index is -4.23. The van der Waals surface area contributed by atoms with Crippen molar-refractivity contribution in [3.05, 3.63) is 86.7 Å². The molecule has 0 aliphatic heterocycles. The van der Waals surface area contributed by atoms with E-state index in [0.29, 0.717) is 22.4 Å².